The third-order valence-electron chi connectivity index (χ3n) is 5.06. The number of halogens is 3. The van der Waals surface area contributed by atoms with E-state index in [1.807, 2.05) is 0 Å². The van der Waals surface area contributed by atoms with E-state index in [9.17, 15) is 20.2 Å². The fraction of sp³-hybridized carbons (Fsp3) is 0.0435. The van der Waals surface area contributed by atoms with Gasteiger partial charge in [-0.1, -0.05) is 46.9 Å². The number of nitrogens with zero attached hydrogens (tertiary/aromatic N) is 2. The molecular formula is C23H12Cl3N3O5. The van der Waals surface area contributed by atoms with Gasteiger partial charge in [0.1, 0.15) is 23.1 Å². The van der Waals surface area contributed by atoms with Gasteiger partial charge in [-0.15, -0.1) is 0 Å². The Hall–Kier alpha value is -3.77. The van der Waals surface area contributed by atoms with Crippen molar-refractivity contribution >= 4 is 46.5 Å². The first-order valence-corrected chi connectivity index (χ1v) is 10.7. The van der Waals surface area contributed by atoms with Gasteiger partial charge in [0.25, 0.3) is 5.69 Å². The van der Waals surface area contributed by atoms with E-state index in [2.05, 4.69) is 6.07 Å². The maximum atomic E-state index is 12.6. The lowest BCUT2D eigenvalue weighted by Crippen LogP contribution is -2.21. The molecule has 0 aromatic heterocycles. The van der Waals surface area contributed by atoms with Crippen molar-refractivity contribution in [1.29, 1.82) is 5.26 Å². The zero-order chi connectivity index (χ0) is 24.6. The molecule has 4 rings (SSSR count). The number of esters is 1. The second kappa shape index (κ2) is 9.23. The molecule has 1 aliphatic rings. The lowest BCUT2D eigenvalue weighted by molar-refractivity contribution is -0.384. The molecule has 1 atom stereocenters. The summed E-state index contributed by atoms with van der Waals surface area (Å²) in [6.07, 6.45) is 0. The van der Waals surface area contributed by atoms with Gasteiger partial charge in [-0.3, -0.25) is 10.1 Å². The largest absolute Gasteiger partial charge is 0.440 e. The molecule has 0 saturated carbocycles. The van der Waals surface area contributed by atoms with Gasteiger partial charge >= 0.3 is 5.97 Å². The number of rotatable bonds is 4. The van der Waals surface area contributed by atoms with Crippen molar-refractivity contribution in [3.63, 3.8) is 0 Å². The van der Waals surface area contributed by atoms with Crippen molar-refractivity contribution in [3.05, 3.63) is 108 Å². The summed E-state index contributed by atoms with van der Waals surface area (Å²) in [5, 5.41) is 21.3. The Labute approximate surface area is 207 Å². The Morgan fingerprint density at radius 2 is 1.79 bits per heavy atom. The fourth-order valence-corrected chi connectivity index (χ4v) is 3.98. The average molecular weight is 517 g/mol. The Kier molecular flexibility index (Phi) is 6.35. The summed E-state index contributed by atoms with van der Waals surface area (Å²) in [6.45, 7) is 0. The van der Waals surface area contributed by atoms with Crippen LogP contribution in [0.4, 0.5) is 5.69 Å². The van der Waals surface area contributed by atoms with Crippen LogP contribution in [0.2, 0.25) is 15.1 Å². The van der Waals surface area contributed by atoms with Crippen molar-refractivity contribution < 1.29 is 19.2 Å². The second-order valence-corrected chi connectivity index (χ2v) is 8.33. The van der Waals surface area contributed by atoms with Crippen LogP contribution >= 0.6 is 34.8 Å². The van der Waals surface area contributed by atoms with Gasteiger partial charge < -0.3 is 15.2 Å². The molecule has 3 aromatic rings. The molecule has 0 amide bonds. The molecule has 11 heteroatoms. The highest BCUT2D eigenvalue weighted by atomic mass is 35.5. The van der Waals surface area contributed by atoms with Crippen molar-refractivity contribution in [2.75, 3.05) is 0 Å². The van der Waals surface area contributed by atoms with Crippen LogP contribution in [0.25, 0.3) is 0 Å². The molecule has 0 radical (unpaired) electrons. The number of nitro benzene ring substituents is 1. The first kappa shape index (κ1) is 23.4. The van der Waals surface area contributed by atoms with Gasteiger partial charge in [-0.25, -0.2) is 4.79 Å². The number of carbonyl (C=O) groups excluding carboxylic acids is 1. The molecule has 34 heavy (non-hydrogen) atoms. The number of non-ortho nitro benzene ring substituents is 1. The summed E-state index contributed by atoms with van der Waals surface area (Å²) in [6, 6.07) is 15.0. The number of hydrogen-bond acceptors (Lipinski definition) is 7. The fourth-order valence-electron chi connectivity index (χ4n) is 3.48. The van der Waals surface area contributed by atoms with E-state index in [0.29, 0.717) is 21.2 Å². The van der Waals surface area contributed by atoms with Crippen LogP contribution in [0.1, 0.15) is 27.4 Å². The summed E-state index contributed by atoms with van der Waals surface area (Å²) in [7, 11) is 0. The summed E-state index contributed by atoms with van der Waals surface area (Å²) >= 11 is 18.2. The third-order valence-corrected chi connectivity index (χ3v) is 6.13. The number of nitriles is 1. The Balaban J connectivity index is 1.70. The predicted octanol–water partition coefficient (Wildman–Crippen LogP) is 5.99. The second-order valence-electron chi connectivity index (χ2n) is 7.11. The SMILES string of the molecule is N#CC1=C(N)Oc2cc(OC(=O)c3cc([N+](=O)[O-])ccc3Cl)ccc2C1c1ccc(Cl)c(Cl)c1. The molecule has 1 unspecified atom stereocenters. The minimum atomic E-state index is -0.897. The standard InChI is InChI=1S/C23H12Cl3N3O5/c24-17-6-2-12(29(31)32)8-15(17)23(30)33-13-3-4-14-20(9-13)34-22(28)16(10-27)21(14)11-1-5-18(25)19(26)7-11/h1-9,21H,28H2. The first-order chi connectivity index (χ1) is 16.2. The smallest absolute Gasteiger partial charge is 0.345 e. The zero-order valence-electron chi connectivity index (χ0n) is 16.9. The van der Waals surface area contributed by atoms with E-state index >= 15 is 0 Å². The number of nitrogens with two attached hydrogens (primary N) is 1. The molecular weight excluding hydrogens is 505 g/mol. The number of carbonyl (C=O) groups is 1. The lowest BCUT2D eigenvalue weighted by Gasteiger charge is -2.27. The molecule has 0 aliphatic carbocycles. The van der Waals surface area contributed by atoms with Crippen LogP contribution in [-0.2, 0) is 0 Å². The van der Waals surface area contributed by atoms with Gasteiger partial charge in [0.15, 0.2) is 0 Å². The van der Waals surface area contributed by atoms with Crippen LogP contribution in [-0.4, -0.2) is 10.9 Å². The van der Waals surface area contributed by atoms with Crippen LogP contribution in [0.15, 0.2) is 66.1 Å². The van der Waals surface area contributed by atoms with E-state index in [4.69, 9.17) is 50.0 Å². The maximum absolute atomic E-state index is 12.6. The van der Waals surface area contributed by atoms with Crippen molar-refractivity contribution in [2.45, 2.75) is 5.92 Å². The highest BCUT2D eigenvalue weighted by molar-refractivity contribution is 6.42. The quantitative estimate of drug-likeness (QED) is 0.195. The van der Waals surface area contributed by atoms with Crippen molar-refractivity contribution in [2.24, 2.45) is 5.73 Å². The van der Waals surface area contributed by atoms with Crippen molar-refractivity contribution in [1.82, 2.24) is 0 Å². The van der Waals surface area contributed by atoms with Crippen molar-refractivity contribution in [3.8, 4) is 17.6 Å². The first-order valence-electron chi connectivity index (χ1n) is 9.52. The highest BCUT2D eigenvalue weighted by Crippen LogP contribution is 2.44. The van der Waals surface area contributed by atoms with Gasteiger partial charge in [0.05, 0.1) is 31.5 Å². The van der Waals surface area contributed by atoms with Crippen LogP contribution in [0.5, 0.6) is 11.5 Å². The minimum absolute atomic E-state index is 0.00432. The number of ether oxygens (including phenoxy) is 2. The molecule has 1 aliphatic heterocycles. The molecule has 1 heterocycles. The topological polar surface area (TPSA) is 128 Å². The molecule has 8 nitrogen and oxygen atoms in total. The van der Waals surface area contributed by atoms with Gasteiger partial charge in [-0.2, -0.15) is 5.26 Å². The average Bonchev–Trinajstić information content (AvgIpc) is 2.80. The zero-order valence-corrected chi connectivity index (χ0v) is 19.2. The summed E-state index contributed by atoms with van der Waals surface area (Å²) in [5.74, 6) is -1.28. The van der Waals surface area contributed by atoms with E-state index < -0.39 is 16.8 Å². The minimum Gasteiger partial charge on any atom is -0.440 e. The Morgan fingerprint density at radius 1 is 1.06 bits per heavy atom. The van der Waals surface area contributed by atoms with Gasteiger partial charge in [0.2, 0.25) is 5.88 Å². The van der Waals surface area contributed by atoms with Gasteiger partial charge in [0, 0.05) is 23.8 Å². The molecule has 2 N–H and O–H groups in total. The number of benzene rings is 3. The number of allylic oxidation sites excluding steroid dienone is 1. The highest BCUT2D eigenvalue weighted by Gasteiger charge is 2.31. The Morgan fingerprint density at radius 3 is 2.47 bits per heavy atom. The van der Waals surface area contributed by atoms with Crippen LogP contribution in [0, 0.1) is 21.4 Å². The van der Waals surface area contributed by atoms with Crippen LogP contribution in [0.3, 0.4) is 0 Å². The number of fused-ring (bicyclic) bond motifs is 1. The molecule has 0 saturated heterocycles. The van der Waals surface area contributed by atoms with E-state index in [1.54, 1.807) is 24.3 Å². The maximum Gasteiger partial charge on any atom is 0.345 e. The van der Waals surface area contributed by atoms with Gasteiger partial charge in [-0.05, 0) is 29.8 Å². The van der Waals surface area contributed by atoms with E-state index in [0.717, 1.165) is 6.07 Å². The Bertz CT molecular complexity index is 1430. The summed E-state index contributed by atoms with van der Waals surface area (Å²) in [4.78, 5) is 23.0. The molecule has 3 aromatic carbocycles. The summed E-state index contributed by atoms with van der Waals surface area (Å²) in [5.41, 5.74) is 6.93. The molecule has 170 valence electrons. The molecule has 0 spiro atoms. The number of nitro groups is 1. The molecule has 0 fully saturated rings. The van der Waals surface area contributed by atoms with Crippen LogP contribution < -0.4 is 15.2 Å². The molecule has 0 bridgehead atoms. The number of hydrogen-bond donors (Lipinski definition) is 1. The third kappa shape index (κ3) is 4.37. The summed E-state index contributed by atoms with van der Waals surface area (Å²) < 4.78 is 11.0. The lowest BCUT2D eigenvalue weighted by atomic mass is 9.83. The predicted molar refractivity (Wildman–Crippen MR) is 125 cm³/mol. The van der Waals surface area contributed by atoms with E-state index in [-0.39, 0.29) is 39.2 Å². The van der Waals surface area contributed by atoms with E-state index in [1.165, 1.54) is 24.3 Å². The monoisotopic (exact) mass is 515 g/mol. The normalized spacial score (nSPS) is 14.6.